The van der Waals surface area contributed by atoms with Gasteiger partial charge >= 0.3 is 5.69 Å². The van der Waals surface area contributed by atoms with Crippen molar-refractivity contribution in [2.24, 2.45) is 0 Å². The third-order valence-electron chi connectivity index (χ3n) is 2.45. The van der Waals surface area contributed by atoms with Crippen LogP contribution >= 0.6 is 15.9 Å². The molecule has 19 heavy (non-hydrogen) atoms. The van der Waals surface area contributed by atoms with Crippen LogP contribution in [0.4, 0.5) is 27.1 Å². The van der Waals surface area contributed by atoms with Gasteiger partial charge in [-0.05, 0) is 46.3 Å². The van der Waals surface area contributed by atoms with Gasteiger partial charge in [-0.15, -0.1) is 0 Å². The molecule has 0 amide bonds. The first-order valence-corrected chi connectivity index (χ1v) is 6.03. The van der Waals surface area contributed by atoms with Crippen molar-refractivity contribution in [1.29, 1.82) is 0 Å². The van der Waals surface area contributed by atoms with Gasteiger partial charge in [-0.25, -0.2) is 4.39 Å². The van der Waals surface area contributed by atoms with Gasteiger partial charge in [0, 0.05) is 5.69 Å². The van der Waals surface area contributed by atoms with Crippen LogP contribution in [-0.2, 0) is 0 Å². The zero-order chi connectivity index (χ0) is 14.0. The van der Waals surface area contributed by atoms with Crippen molar-refractivity contribution in [3.63, 3.8) is 0 Å². The molecule has 0 atom stereocenters. The molecule has 0 aliphatic heterocycles. The average Bonchev–Trinajstić information content (AvgIpc) is 2.33. The predicted octanol–water partition coefficient (Wildman–Crippen LogP) is 3.82. The van der Waals surface area contributed by atoms with Crippen molar-refractivity contribution in [3.05, 3.63) is 56.8 Å². The Morgan fingerprint density at radius 3 is 2.68 bits per heavy atom. The van der Waals surface area contributed by atoms with Gasteiger partial charge in [-0.3, -0.25) is 10.1 Å². The Bertz CT molecular complexity index is 649. The van der Waals surface area contributed by atoms with E-state index in [0.717, 1.165) is 0 Å². The molecule has 98 valence electrons. The zero-order valence-corrected chi connectivity index (χ0v) is 11.1. The van der Waals surface area contributed by atoms with Gasteiger partial charge in [0.2, 0.25) is 0 Å². The fourth-order valence-electron chi connectivity index (χ4n) is 1.60. The van der Waals surface area contributed by atoms with Gasteiger partial charge in [0.25, 0.3) is 0 Å². The molecule has 0 saturated carbocycles. The molecule has 0 aromatic heterocycles. The lowest BCUT2D eigenvalue weighted by Gasteiger charge is -2.09. The van der Waals surface area contributed by atoms with E-state index in [1.807, 2.05) is 0 Å². The number of nitro groups is 1. The van der Waals surface area contributed by atoms with Gasteiger partial charge in [0.1, 0.15) is 17.2 Å². The molecule has 0 aliphatic rings. The monoisotopic (exact) mass is 325 g/mol. The normalized spacial score (nSPS) is 10.2. The van der Waals surface area contributed by atoms with Gasteiger partial charge in [0.05, 0.1) is 9.40 Å². The molecule has 2 rings (SSSR count). The van der Waals surface area contributed by atoms with Gasteiger partial charge < -0.3 is 11.1 Å². The Kier molecular flexibility index (Phi) is 3.66. The van der Waals surface area contributed by atoms with Crippen LogP contribution in [0.2, 0.25) is 0 Å². The quantitative estimate of drug-likeness (QED) is 0.510. The molecule has 0 spiro atoms. The first-order chi connectivity index (χ1) is 8.99. The number of nitrogens with one attached hydrogen (secondary N) is 1. The summed E-state index contributed by atoms with van der Waals surface area (Å²) in [4.78, 5) is 10.4. The molecule has 7 heteroatoms. The fraction of sp³-hybridized carbons (Fsp3) is 0. The third kappa shape index (κ3) is 2.82. The summed E-state index contributed by atoms with van der Waals surface area (Å²) >= 11 is 3.05. The highest BCUT2D eigenvalue weighted by Gasteiger charge is 2.17. The maximum absolute atomic E-state index is 13.1. The minimum atomic E-state index is -0.559. The highest BCUT2D eigenvalue weighted by atomic mass is 79.9. The topological polar surface area (TPSA) is 81.2 Å². The van der Waals surface area contributed by atoms with E-state index >= 15 is 0 Å². The van der Waals surface area contributed by atoms with Crippen LogP contribution in [0, 0.1) is 15.9 Å². The van der Waals surface area contributed by atoms with Crippen LogP contribution in [-0.4, -0.2) is 4.92 Å². The Hall–Kier alpha value is -2.15. The van der Waals surface area contributed by atoms with Gasteiger partial charge in [-0.1, -0.05) is 6.07 Å². The number of rotatable bonds is 3. The van der Waals surface area contributed by atoms with Crippen molar-refractivity contribution in [2.75, 3.05) is 11.1 Å². The molecule has 0 radical (unpaired) electrons. The number of halogens is 2. The van der Waals surface area contributed by atoms with Gasteiger partial charge in [0.15, 0.2) is 0 Å². The van der Waals surface area contributed by atoms with E-state index in [1.165, 1.54) is 30.3 Å². The first kappa shape index (κ1) is 13.3. The van der Waals surface area contributed by atoms with E-state index in [1.54, 1.807) is 6.07 Å². The van der Waals surface area contributed by atoms with Gasteiger partial charge in [-0.2, -0.15) is 0 Å². The van der Waals surface area contributed by atoms with E-state index in [9.17, 15) is 14.5 Å². The lowest BCUT2D eigenvalue weighted by molar-refractivity contribution is -0.383. The summed E-state index contributed by atoms with van der Waals surface area (Å²) in [7, 11) is 0. The highest BCUT2D eigenvalue weighted by molar-refractivity contribution is 9.10. The van der Waals surface area contributed by atoms with Crippen LogP contribution in [0.25, 0.3) is 0 Å². The highest BCUT2D eigenvalue weighted by Crippen LogP contribution is 2.33. The Morgan fingerprint density at radius 1 is 1.32 bits per heavy atom. The van der Waals surface area contributed by atoms with Crippen LogP contribution in [0.1, 0.15) is 0 Å². The van der Waals surface area contributed by atoms with E-state index in [-0.39, 0.29) is 21.5 Å². The lowest BCUT2D eigenvalue weighted by atomic mass is 10.2. The molecule has 3 N–H and O–H groups in total. The Labute approximate surface area is 116 Å². The summed E-state index contributed by atoms with van der Waals surface area (Å²) in [6, 6.07) is 8.80. The molecular weight excluding hydrogens is 317 g/mol. The van der Waals surface area contributed by atoms with E-state index in [4.69, 9.17) is 5.73 Å². The number of nitro benzene ring substituents is 1. The Balaban J connectivity index is 2.40. The summed E-state index contributed by atoms with van der Waals surface area (Å²) in [6.45, 7) is 0. The summed E-state index contributed by atoms with van der Waals surface area (Å²) in [5.74, 6) is -0.410. The largest absolute Gasteiger partial charge is 0.393 e. The molecule has 0 fully saturated rings. The Morgan fingerprint density at radius 2 is 2.05 bits per heavy atom. The van der Waals surface area contributed by atoms with Crippen LogP contribution in [0.3, 0.4) is 0 Å². The average molecular weight is 326 g/mol. The van der Waals surface area contributed by atoms with Crippen LogP contribution in [0.15, 0.2) is 40.9 Å². The number of benzene rings is 2. The molecular formula is C12H9BrFN3O2. The first-order valence-electron chi connectivity index (χ1n) is 5.24. The predicted molar refractivity (Wildman–Crippen MR) is 74.9 cm³/mol. The number of para-hydroxylation sites is 1. The minimum absolute atomic E-state index is 0.0659. The summed E-state index contributed by atoms with van der Waals surface area (Å²) in [5, 5.41) is 13.8. The summed E-state index contributed by atoms with van der Waals surface area (Å²) in [6.07, 6.45) is 0. The van der Waals surface area contributed by atoms with E-state index < -0.39 is 10.7 Å². The van der Waals surface area contributed by atoms with Crippen LogP contribution in [0.5, 0.6) is 0 Å². The van der Waals surface area contributed by atoms with Crippen molar-refractivity contribution < 1.29 is 9.31 Å². The van der Waals surface area contributed by atoms with Crippen molar-refractivity contribution in [1.82, 2.24) is 0 Å². The number of nitrogens with two attached hydrogens (primary N) is 1. The standard InChI is InChI=1S/C12H9BrFN3O2/c13-8-6-7(4-5-9(8)14)16-11-3-1-2-10(15)12(11)17(18)19/h1-6,16H,15H2. The zero-order valence-electron chi connectivity index (χ0n) is 9.56. The van der Waals surface area contributed by atoms with Crippen molar-refractivity contribution >= 4 is 38.7 Å². The maximum Gasteiger partial charge on any atom is 0.315 e. The molecule has 5 nitrogen and oxygen atoms in total. The van der Waals surface area contributed by atoms with Crippen LogP contribution < -0.4 is 11.1 Å². The molecule has 0 unspecified atom stereocenters. The molecule has 0 heterocycles. The second-order valence-corrected chi connectivity index (χ2v) is 4.61. The van der Waals surface area contributed by atoms with E-state index in [0.29, 0.717) is 5.69 Å². The number of nitrogens with zero attached hydrogens (tertiary/aromatic N) is 1. The second kappa shape index (κ2) is 5.23. The third-order valence-corrected chi connectivity index (χ3v) is 3.06. The number of nitrogen functional groups attached to an aromatic ring is 1. The maximum atomic E-state index is 13.1. The van der Waals surface area contributed by atoms with E-state index in [2.05, 4.69) is 21.2 Å². The molecule has 0 aliphatic carbocycles. The SMILES string of the molecule is Nc1cccc(Nc2ccc(F)c(Br)c2)c1[N+](=O)[O-]. The fourth-order valence-corrected chi connectivity index (χ4v) is 1.97. The molecule has 0 saturated heterocycles. The number of anilines is 3. The second-order valence-electron chi connectivity index (χ2n) is 3.75. The minimum Gasteiger partial charge on any atom is -0.393 e. The molecule has 0 bridgehead atoms. The van der Waals surface area contributed by atoms with Crippen molar-refractivity contribution in [3.8, 4) is 0 Å². The summed E-state index contributed by atoms with van der Waals surface area (Å²) in [5.41, 5.74) is 6.21. The lowest BCUT2D eigenvalue weighted by Crippen LogP contribution is -2.01. The number of hydrogen-bond acceptors (Lipinski definition) is 4. The molecule has 2 aromatic carbocycles. The number of hydrogen-bond donors (Lipinski definition) is 2. The summed E-state index contributed by atoms with van der Waals surface area (Å²) < 4.78 is 13.4. The smallest absolute Gasteiger partial charge is 0.315 e. The van der Waals surface area contributed by atoms with Crippen molar-refractivity contribution in [2.45, 2.75) is 0 Å². The molecule has 2 aromatic rings.